The normalized spacial score (nSPS) is 17.1. The Balaban J connectivity index is 1.60. The van der Waals surface area contributed by atoms with E-state index in [1.807, 2.05) is 48.5 Å². The summed E-state index contributed by atoms with van der Waals surface area (Å²) in [6.07, 6.45) is 1.12. The summed E-state index contributed by atoms with van der Waals surface area (Å²) in [4.78, 5) is 18.7. The Hall–Kier alpha value is -2.18. The molecule has 1 saturated heterocycles. The number of nitrogens with zero attached hydrogens (tertiary/aromatic N) is 3. The summed E-state index contributed by atoms with van der Waals surface area (Å²) in [6.45, 7) is 0.428. The molecule has 0 radical (unpaired) electrons. The molecule has 0 saturated carbocycles. The maximum atomic E-state index is 12.4. The van der Waals surface area contributed by atoms with Crippen LogP contribution in [0.5, 0.6) is 0 Å². The largest absolute Gasteiger partial charge is 0.337 e. The Labute approximate surface area is 164 Å². The van der Waals surface area contributed by atoms with Crippen molar-refractivity contribution in [3.8, 4) is 11.4 Å². The van der Waals surface area contributed by atoms with Gasteiger partial charge in [0.15, 0.2) is 0 Å². The molecule has 1 fully saturated rings. The summed E-state index contributed by atoms with van der Waals surface area (Å²) in [7, 11) is 0. The molecule has 2 heterocycles. The summed E-state index contributed by atoms with van der Waals surface area (Å²) in [5.41, 5.74) is 1.76. The molecule has 2 aromatic carbocycles. The monoisotopic (exact) mass is 431 g/mol. The SMILES string of the molecule is O=C1CCC(c2nc(-c3cccc(Br)c3)no2)N1Cc1ccccc1Cl. The van der Waals surface area contributed by atoms with Gasteiger partial charge in [-0.3, -0.25) is 4.79 Å². The molecule has 26 heavy (non-hydrogen) atoms. The number of halogens is 2. The van der Waals surface area contributed by atoms with Crippen LogP contribution in [0.15, 0.2) is 57.5 Å². The molecule has 132 valence electrons. The summed E-state index contributed by atoms with van der Waals surface area (Å²) in [5, 5.41) is 4.73. The van der Waals surface area contributed by atoms with Crippen molar-refractivity contribution in [2.45, 2.75) is 25.4 Å². The fourth-order valence-corrected chi connectivity index (χ4v) is 3.71. The molecule has 0 aliphatic carbocycles. The quantitative estimate of drug-likeness (QED) is 0.581. The summed E-state index contributed by atoms with van der Waals surface area (Å²) < 4.78 is 6.43. The van der Waals surface area contributed by atoms with Crippen LogP contribution in [0.2, 0.25) is 5.02 Å². The fraction of sp³-hybridized carbons (Fsp3) is 0.211. The van der Waals surface area contributed by atoms with Gasteiger partial charge in [0.2, 0.25) is 17.6 Å². The first-order valence-corrected chi connectivity index (χ1v) is 9.41. The molecule has 1 aliphatic rings. The average molecular weight is 433 g/mol. The summed E-state index contributed by atoms with van der Waals surface area (Å²) in [5.74, 6) is 1.04. The highest BCUT2D eigenvalue weighted by Crippen LogP contribution is 2.35. The molecule has 0 N–H and O–H groups in total. The van der Waals surface area contributed by atoms with E-state index in [0.717, 1.165) is 15.6 Å². The van der Waals surface area contributed by atoms with Gasteiger partial charge in [-0.05, 0) is 30.2 Å². The second kappa shape index (κ2) is 7.21. The minimum Gasteiger partial charge on any atom is -0.337 e. The van der Waals surface area contributed by atoms with Gasteiger partial charge in [-0.15, -0.1) is 0 Å². The highest BCUT2D eigenvalue weighted by molar-refractivity contribution is 9.10. The lowest BCUT2D eigenvalue weighted by molar-refractivity contribution is -0.129. The Morgan fingerprint density at radius 3 is 2.88 bits per heavy atom. The van der Waals surface area contributed by atoms with Crippen molar-refractivity contribution in [2.24, 2.45) is 0 Å². The third-order valence-electron chi connectivity index (χ3n) is 4.44. The maximum Gasteiger partial charge on any atom is 0.249 e. The molecule has 1 aliphatic heterocycles. The molecular weight excluding hydrogens is 418 g/mol. The van der Waals surface area contributed by atoms with Gasteiger partial charge in [-0.25, -0.2) is 0 Å². The molecule has 4 rings (SSSR count). The van der Waals surface area contributed by atoms with Crippen LogP contribution in [0.1, 0.15) is 30.3 Å². The van der Waals surface area contributed by atoms with Gasteiger partial charge in [0.25, 0.3) is 0 Å². The Kier molecular flexibility index (Phi) is 4.78. The van der Waals surface area contributed by atoms with E-state index in [1.54, 1.807) is 4.90 Å². The summed E-state index contributed by atoms with van der Waals surface area (Å²) >= 11 is 9.69. The molecule has 5 nitrogen and oxygen atoms in total. The molecular formula is C19H15BrClN3O2. The van der Waals surface area contributed by atoms with E-state index in [4.69, 9.17) is 16.1 Å². The number of likely N-dealkylation sites (tertiary alicyclic amines) is 1. The van der Waals surface area contributed by atoms with Gasteiger partial charge in [-0.1, -0.05) is 63.0 Å². The van der Waals surface area contributed by atoms with Crippen LogP contribution < -0.4 is 0 Å². The minimum absolute atomic E-state index is 0.0668. The van der Waals surface area contributed by atoms with E-state index in [-0.39, 0.29) is 11.9 Å². The number of hydrogen-bond acceptors (Lipinski definition) is 4. The van der Waals surface area contributed by atoms with E-state index in [0.29, 0.717) is 36.1 Å². The first kappa shape index (κ1) is 17.2. The third kappa shape index (κ3) is 3.39. The molecule has 7 heteroatoms. The van der Waals surface area contributed by atoms with Crippen LogP contribution in [0.4, 0.5) is 0 Å². The van der Waals surface area contributed by atoms with Gasteiger partial charge in [-0.2, -0.15) is 4.98 Å². The van der Waals surface area contributed by atoms with Crippen molar-refractivity contribution in [1.82, 2.24) is 15.0 Å². The van der Waals surface area contributed by atoms with Crippen LogP contribution in [-0.4, -0.2) is 20.9 Å². The number of aromatic nitrogens is 2. The first-order valence-electron chi connectivity index (χ1n) is 8.24. The average Bonchev–Trinajstić information content (AvgIpc) is 3.25. The van der Waals surface area contributed by atoms with Crippen molar-refractivity contribution < 1.29 is 9.32 Å². The molecule has 1 atom stereocenters. The van der Waals surface area contributed by atoms with E-state index in [1.165, 1.54) is 0 Å². The minimum atomic E-state index is -0.229. The van der Waals surface area contributed by atoms with E-state index in [9.17, 15) is 4.79 Å². The zero-order chi connectivity index (χ0) is 18.1. The lowest BCUT2D eigenvalue weighted by Crippen LogP contribution is -2.27. The lowest BCUT2D eigenvalue weighted by Gasteiger charge is -2.22. The van der Waals surface area contributed by atoms with Gasteiger partial charge >= 0.3 is 0 Å². The van der Waals surface area contributed by atoms with Crippen LogP contribution in [0, 0.1) is 0 Å². The van der Waals surface area contributed by atoms with E-state index in [2.05, 4.69) is 26.1 Å². The first-order chi connectivity index (χ1) is 12.6. The summed E-state index contributed by atoms with van der Waals surface area (Å²) in [6, 6.07) is 15.0. The van der Waals surface area contributed by atoms with Gasteiger partial charge in [0.05, 0.1) is 0 Å². The number of carbonyl (C=O) groups excluding carboxylic acids is 1. The van der Waals surface area contributed by atoms with Crippen molar-refractivity contribution in [2.75, 3.05) is 0 Å². The van der Waals surface area contributed by atoms with Crippen LogP contribution >= 0.6 is 27.5 Å². The highest BCUT2D eigenvalue weighted by atomic mass is 79.9. The van der Waals surface area contributed by atoms with Crippen LogP contribution in [0.25, 0.3) is 11.4 Å². The van der Waals surface area contributed by atoms with Crippen LogP contribution in [0.3, 0.4) is 0 Å². The predicted molar refractivity (Wildman–Crippen MR) is 101 cm³/mol. The third-order valence-corrected chi connectivity index (χ3v) is 5.30. The fourth-order valence-electron chi connectivity index (χ4n) is 3.11. The smallest absolute Gasteiger partial charge is 0.249 e. The molecule has 1 amide bonds. The van der Waals surface area contributed by atoms with E-state index >= 15 is 0 Å². The second-order valence-corrected chi connectivity index (χ2v) is 7.46. The van der Waals surface area contributed by atoms with Gasteiger partial charge in [0, 0.05) is 28.0 Å². The molecule has 1 aromatic heterocycles. The van der Waals surface area contributed by atoms with Crippen molar-refractivity contribution in [3.63, 3.8) is 0 Å². The number of amides is 1. The van der Waals surface area contributed by atoms with E-state index < -0.39 is 0 Å². The Morgan fingerprint density at radius 1 is 1.23 bits per heavy atom. The number of rotatable bonds is 4. The number of carbonyl (C=O) groups is 1. The highest BCUT2D eigenvalue weighted by Gasteiger charge is 2.36. The lowest BCUT2D eigenvalue weighted by atomic mass is 10.1. The zero-order valence-corrected chi connectivity index (χ0v) is 16.1. The molecule has 1 unspecified atom stereocenters. The molecule has 0 spiro atoms. The van der Waals surface area contributed by atoms with Crippen molar-refractivity contribution in [1.29, 1.82) is 0 Å². The molecule has 3 aromatic rings. The zero-order valence-electron chi connectivity index (χ0n) is 13.7. The van der Waals surface area contributed by atoms with Crippen molar-refractivity contribution in [3.05, 3.63) is 69.5 Å². The van der Waals surface area contributed by atoms with Crippen molar-refractivity contribution >= 4 is 33.4 Å². The topological polar surface area (TPSA) is 59.2 Å². The van der Waals surface area contributed by atoms with Gasteiger partial charge in [0.1, 0.15) is 6.04 Å². The number of benzene rings is 2. The number of hydrogen-bond donors (Lipinski definition) is 0. The maximum absolute atomic E-state index is 12.4. The second-order valence-electron chi connectivity index (χ2n) is 6.13. The Bertz CT molecular complexity index is 959. The predicted octanol–water partition coefficient (Wildman–Crippen LogP) is 5.02. The Morgan fingerprint density at radius 2 is 2.08 bits per heavy atom. The van der Waals surface area contributed by atoms with Crippen LogP contribution in [-0.2, 0) is 11.3 Å². The molecule has 0 bridgehead atoms. The standard InChI is InChI=1S/C19H15BrClN3O2/c20-14-6-3-5-12(10-14)18-22-19(26-23-18)16-8-9-17(25)24(16)11-13-4-1-2-7-15(13)21/h1-7,10,16H,8-9,11H2. The van der Waals surface area contributed by atoms with Gasteiger partial charge < -0.3 is 9.42 Å².